The van der Waals surface area contributed by atoms with E-state index in [2.05, 4.69) is 24.8 Å². The second-order valence-corrected chi connectivity index (χ2v) is 4.67. The fourth-order valence-electron chi connectivity index (χ4n) is 2.32. The molecule has 0 unspecified atom stereocenters. The normalized spacial score (nSPS) is 15.4. The van der Waals surface area contributed by atoms with Gasteiger partial charge in [-0.25, -0.2) is 15.0 Å². The maximum absolute atomic E-state index is 9.15. The molecule has 0 radical (unpaired) electrons. The van der Waals surface area contributed by atoms with Gasteiger partial charge in [-0.2, -0.15) is 0 Å². The Labute approximate surface area is 117 Å². The van der Waals surface area contributed by atoms with Crippen LogP contribution in [0.2, 0.25) is 0 Å². The quantitative estimate of drug-likeness (QED) is 0.886. The van der Waals surface area contributed by atoms with Gasteiger partial charge < -0.3 is 14.9 Å². The molecule has 0 aliphatic carbocycles. The number of rotatable bonds is 3. The summed E-state index contributed by atoms with van der Waals surface area (Å²) in [7, 11) is 0. The number of anilines is 2. The zero-order chi connectivity index (χ0) is 13.8. The lowest BCUT2D eigenvalue weighted by Crippen LogP contribution is -2.47. The molecule has 3 rings (SSSR count). The van der Waals surface area contributed by atoms with Crippen molar-refractivity contribution in [3.63, 3.8) is 0 Å². The van der Waals surface area contributed by atoms with E-state index in [1.165, 1.54) is 0 Å². The number of aromatic nitrogens is 3. The van der Waals surface area contributed by atoms with Crippen molar-refractivity contribution in [2.45, 2.75) is 6.61 Å². The van der Waals surface area contributed by atoms with Crippen LogP contribution in [0.15, 0.2) is 36.7 Å². The minimum atomic E-state index is -0.0222. The standard InChI is InChI=1S/C14H17N5O/c20-11-12-3-1-4-13(17-12)18-7-9-19(10-8-18)14-15-5-2-6-16-14/h1-6,20H,7-11H2. The van der Waals surface area contributed by atoms with Crippen molar-refractivity contribution in [3.8, 4) is 0 Å². The molecule has 20 heavy (non-hydrogen) atoms. The zero-order valence-corrected chi connectivity index (χ0v) is 11.2. The van der Waals surface area contributed by atoms with Crippen LogP contribution < -0.4 is 9.80 Å². The molecule has 0 saturated carbocycles. The van der Waals surface area contributed by atoms with Gasteiger partial charge in [0.25, 0.3) is 0 Å². The molecule has 104 valence electrons. The summed E-state index contributed by atoms with van der Waals surface area (Å²) in [6.07, 6.45) is 3.53. The van der Waals surface area contributed by atoms with Crippen LogP contribution in [-0.2, 0) is 6.61 Å². The molecule has 1 aliphatic heterocycles. The van der Waals surface area contributed by atoms with Crippen LogP contribution in [0, 0.1) is 0 Å². The Hall–Kier alpha value is -2.21. The monoisotopic (exact) mass is 271 g/mol. The summed E-state index contributed by atoms with van der Waals surface area (Å²) < 4.78 is 0. The number of hydrogen-bond donors (Lipinski definition) is 1. The Morgan fingerprint density at radius 1 is 0.950 bits per heavy atom. The van der Waals surface area contributed by atoms with Crippen molar-refractivity contribution in [1.82, 2.24) is 15.0 Å². The molecule has 0 spiro atoms. The zero-order valence-electron chi connectivity index (χ0n) is 11.2. The van der Waals surface area contributed by atoms with Crippen molar-refractivity contribution in [1.29, 1.82) is 0 Å². The molecule has 2 aromatic heterocycles. The Morgan fingerprint density at radius 2 is 1.65 bits per heavy atom. The number of pyridine rings is 1. The van der Waals surface area contributed by atoms with Crippen LogP contribution in [0.5, 0.6) is 0 Å². The Morgan fingerprint density at radius 3 is 2.35 bits per heavy atom. The summed E-state index contributed by atoms with van der Waals surface area (Å²) in [6, 6.07) is 7.57. The lowest BCUT2D eigenvalue weighted by molar-refractivity contribution is 0.277. The third-order valence-electron chi connectivity index (χ3n) is 3.39. The largest absolute Gasteiger partial charge is 0.390 e. The molecule has 3 heterocycles. The van der Waals surface area contributed by atoms with Gasteiger partial charge in [0, 0.05) is 38.6 Å². The van der Waals surface area contributed by atoms with Crippen molar-refractivity contribution in [3.05, 3.63) is 42.4 Å². The second kappa shape index (κ2) is 5.83. The van der Waals surface area contributed by atoms with Crippen LogP contribution >= 0.6 is 0 Å². The van der Waals surface area contributed by atoms with Gasteiger partial charge in [-0.1, -0.05) is 6.07 Å². The fraction of sp³-hybridized carbons (Fsp3) is 0.357. The van der Waals surface area contributed by atoms with E-state index in [9.17, 15) is 0 Å². The minimum Gasteiger partial charge on any atom is -0.390 e. The molecule has 6 heteroatoms. The number of piperazine rings is 1. The third-order valence-corrected chi connectivity index (χ3v) is 3.39. The molecule has 1 aliphatic rings. The van der Waals surface area contributed by atoms with E-state index in [0.717, 1.165) is 37.9 Å². The third kappa shape index (κ3) is 2.70. The first-order valence-corrected chi connectivity index (χ1v) is 6.70. The summed E-state index contributed by atoms with van der Waals surface area (Å²) >= 11 is 0. The van der Waals surface area contributed by atoms with Crippen LogP contribution in [0.1, 0.15) is 5.69 Å². The van der Waals surface area contributed by atoms with Crippen molar-refractivity contribution in [2.75, 3.05) is 36.0 Å². The maximum Gasteiger partial charge on any atom is 0.225 e. The molecular weight excluding hydrogens is 254 g/mol. The van der Waals surface area contributed by atoms with E-state index in [1.54, 1.807) is 12.4 Å². The lowest BCUT2D eigenvalue weighted by atomic mass is 10.3. The second-order valence-electron chi connectivity index (χ2n) is 4.67. The number of aliphatic hydroxyl groups is 1. The predicted molar refractivity (Wildman–Crippen MR) is 76.6 cm³/mol. The van der Waals surface area contributed by atoms with E-state index in [-0.39, 0.29) is 6.61 Å². The van der Waals surface area contributed by atoms with E-state index in [0.29, 0.717) is 5.69 Å². The number of nitrogens with zero attached hydrogens (tertiary/aromatic N) is 5. The highest BCUT2D eigenvalue weighted by molar-refractivity contribution is 5.42. The van der Waals surface area contributed by atoms with E-state index in [1.807, 2.05) is 24.3 Å². The molecule has 1 fully saturated rings. The molecule has 0 atom stereocenters. The first kappa shape index (κ1) is 12.8. The van der Waals surface area contributed by atoms with Gasteiger partial charge in [0.2, 0.25) is 5.95 Å². The topological polar surface area (TPSA) is 65.4 Å². The summed E-state index contributed by atoms with van der Waals surface area (Å²) in [6.45, 7) is 3.47. The molecule has 1 N–H and O–H groups in total. The molecular formula is C14H17N5O. The van der Waals surface area contributed by atoms with E-state index >= 15 is 0 Å². The highest BCUT2D eigenvalue weighted by atomic mass is 16.3. The Bertz CT molecular complexity index is 555. The highest BCUT2D eigenvalue weighted by Crippen LogP contribution is 2.16. The molecule has 1 saturated heterocycles. The fourth-order valence-corrected chi connectivity index (χ4v) is 2.32. The SMILES string of the molecule is OCc1cccc(N2CCN(c3ncccn3)CC2)n1. The van der Waals surface area contributed by atoms with Crippen LogP contribution in [0.25, 0.3) is 0 Å². The average molecular weight is 271 g/mol. The summed E-state index contributed by atoms with van der Waals surface area (Å²) in [5.41, 5.74) is 0.705. The van der Waals surface area contributed by atoms with Crippen LogP contribution in [0.4, 0.5) is 11.8 Å². The first-order valence-electron chi connectivity index (χ1n) is 6.70. The Balaban J connectivity index is 1.66. The van der Waals surface area contributed by atoms with Gasteiger partial charge in [0.1, 0.15) is 5.82 Å². The predicted octanol–water partition coefficient (Wildman–Crippen LogP) is 0.690. The van der Waals surface area contributed by atoms with Gasteiger partial charge in [0.05, 0.1) is 12.3 Å². The molecule has 0 bridgehead atoms. The van der Waals surface area contributed by atoms with Crippen LogP contribution in [-0.4, -0.2) is 46.2 Å². The van der Waals surface area contributed by atoms with Gasteiger partial charge in [-0.3, -0.25) is 0 Å². The molecule has 0 aromatic carbocycles. The number of aliphatic hydroxyl groups excluding tert-OH is 1. The highest BCUT2D eigenvalue weighted by Gasteiger charge is 2.19. The first-order chi connectivity index (χ1) is 9.86. The minimum absolute atomic E-state index is 0.0222. The average Bonchev–Trinajstić information content (AvgIpc) is 2.56. The summed E-state index contributed by atoms with van der Waals surface area (Å²) in [4.78, 5) is 17.4. The summed E-state index contributed by atoms with van der Waals surface area (Å²) in [5, 5.41) is 9.15. The van der Waals surface area contributed by atoms with Crippen LogP contribution in [0.3, 0.4) is 0 Å². The van der Waals surface area contributed by atoms with Gasteiger partial charge in [-0.05, 0) is 18.2 Å². The van der Waals surface area contributed by atoms with Gasteiger partial charge in [-0.15, -0.1) is 0 Å². The van der Waals surface area contributed by atoms with Gasteiger partial charge >= 0.3 is 0 Å². The Kier molecular flexibility index (Phi) is 3.73. The molecule has 6 nitrogen and oxygen atoms in total. The van der Waals surface area contributed by atoms with Crippen molar-refractivity contribution >= 4 is 11.8 Å². The lowest BCUT2D eigenvalue weighted by Gasteiger charge is -2.35. The molecule has 0 amide bonds. The van der Waals surface area contributed by atoms with Crippen molar-refractivity contribution < 1.29 is 5.11 Å². The van der Waals surface area contributed by atoms with Gasteiger partial charge in [0.15, 0.2) is 0 Å². The number of hydrogen-bond acceptors (Lipinski definition) is 6. The van der Waals surface area contributed by atoms with Crippen molar-refractivity contribution in [2.24, 2.45) is 0 Å². The van der Waals surface area contributed by atoms with E-state index < -0.39 is 0 Å². The smallest absolute Gasteiger partial charge is 0.225 e. The van der Waals surface area contributed by atoms with E-state index in [4.69, 9.17) is 5.11 Å². The summed E-state index contributed by atoms with van der Waals surface area (Å²) in [5.74, 6) is 1.70. The maximum atomic E-state index is 9.15. The molecule has 2 aromatic rings.